The standard InChI is InChI=1S/C12H13F3N2O2S/c13-12(14,15)6-8-17-20(18,19)11-5-1-3-10(9-11)4-2-7-16/h1,3,5,9,17H,6-8,16H2. The lowest BCUT2D eigenvalue weighted by molar-refractivity contribution is -0.132. The summed E-state index contributed by atoms with van der Waals surface area (Å²) in [5.74, 6) is 5.21. The molecule has 0 atom stereocenters. The first-order valence-electron chi connectivity index (χ1n) is 5.60. The van der Waals surface area contributed by atoms with Gasteiger partial charge in [-0.2, -0.15) is 13.2 Å². The summed E-state index contributed by atoms with van der Waals surface area (Å²) in [5, 5.41) is 0. The number of alkyl halides is 3. The molecule has 0 fully saturated rings. The van der Waals surface area contributed by atoms with Gasteiger partial charge in [0.05, 0.1) is 17.9 Å². The van der Waals surface area contributed by atoms with E-state index in [2.05, 4.69) is 11.8 Å². The van der Waals surface area contributed by atoms with Crippen LogP contribution < -0.4 is 10.5 Å². The van der Waals surface area contributed by atoms with Crippen molar-refractivity contribution in [2.45, 2.75) is 17.5 Å². The largest absolute Gasteiger partial charge is 0.390 e. The Morgan fingerprint density at radius 2 is 2.00 bits per heavy atom. The van der Waals surface area contributed by atoms with Crippen LogP contribution in [0.4, 0.5) is 13.2 Å². The van der Waals surface area contributed by atoms with E-state index in [1.807, 2.05) is 4.72 Å². The van der Waals surface area contributed by atoms with Crippen LogP contribution in [0.25, 0.3) is 0 Å². The summed E-state index contributed by atoms with van der Waals surface area (Å²) in [6.07, 6.45) is -5.63. The van der Waals surface area contributed by atoms with Crippen molar-refractivity contribution >= 4 is 10.0 Å². The molecule has 0 saturated carbocycles. The van der Waals surface area contributed by atoms with E-state index >= 15 is 0 Å². The molecule has 0 saturated heterocycles. The summed E-state index contributed by atoms with van der Waals surface area (Å²) >= 11 is 0. The highest BCUT2D eigenvalue weighted by atomic mass is 32.2. The highest BCUT2D eigenvalue weighted by Crippen LogP contribution is 2.19. The zero-order valence-electron chi connectivity index (χ0n) is 10.4. The molecule has 3 N–H and O–H groups in total. The molecule has 8 heteroatoms. The molecule has 0 aromatic heterocycles. The topological polar surface area (TPSA) is 72.2 Å². The van der Waals surface area contributed by atoms with Gasteiger partial charge in [0.1, 0.15) is 0 Å². The highest BCUT2D eigenvalue weighted by Gasteiger charge is 2.27. The van der Waals surface area contributed by atoms with Crippen molar-refractivity contribution in [3.05, 3.63) is 29.8 Å². The Morgan fingerprint density at radius 1 is 1.30 bits per heavy atom. The van der Waals surface area contributed by atoms with E-state index in [-0.39, 0.29) is 11.4 Å². The molecule has 1 aromatic carbocycles. The van der Waals surface area contributed by atoms with Crippen molar-refractivity contribution in [2.75, 3.05) is 13.1 Å². The van der Waals surface area contributed by atoms with Gasteiger partial charge in [0.15, 0.2) is 0 Å². The molecule has 1 rings (SSSR count). The lowest BCUT2D eigenvalue weighted by atomic mass is 10.2. The molecule has 0 unspecified atom stereocenters. The first-order chi connectivity index (χ1) is 9.24. The fourth-order valence-electron chi connectivity index (χ4n) is 1.30. The second-order valence-electron chi connectivity index (χ2n) is 3.80. The number of rotatable bonds is 4. The summed E-state index contributed by atoms with van der Waals surface area (Å²) in [4.78, 5) is -0.136. The monoisotopic (exact) mass is 306 g/mol. The predicted molar refractivity (Wildman–Crippen MR) is 68.2 cm³/mol. The lowest BCUT2D eigenvalue weighted by Gasteiger charge is -2.09. The summed E-state index contributed by atoms with van der Waals surface area (Å²) in [7, 11) is -3.98. The van der Waals surface area contributed by atoms with E-state index < -0.39 is 29.2 Å². The molecule has 0 aliphatic heterocycles. The Hall–Kier alpha value is -1.56. The summed E-state index contributed by atoms with van der Waals surface area (Å²) < 4.78 is 61.4. The minimum Gasteiger partial charge on any atom is -0.320 e. The number of halogens is 3. The van der Waals surface area contributed by atoms with Crippen LogP contribution in [0.2, 0.25) is 0 Å². The van der Waals surface area contributed by atoms with Crippen LogP contribution in [0.3, 0.4) is 0 Å². The highest BCUT2D eigenvalue weighted by molar-refractivity contribution is 7.89. The van der Waals surface area contributed by atoms with Gasteiger partial charge in [-0.25, -0.2) is 13.1 Å². The Kier molecular flexibility index (Phi) is 5.56. The average molecular weight is 306 g/mol. The summed E-state index contributed by atoms with van der Waals surface area (Å²) in [5.41, 5.74) is 5.62. The number of hydrogen-bond donors (Lipinski definition) is 2. The number of nitrogens with one attached hydrogen (secondary N) is 1. The van der Waals surface area contributed by atoms with Crippen molar-refractivity contribution in [3.63, 3.8) is 0 Å². The molecule has 20 heavy (non-hydrogen) atoms. The zero-order valence-corrected chi connectivity index (χ0v) is 11.2. The minimum absolute atomic E-state index is 0.126. The van der Waals surface area contributed by atoms with Crippen molar-refractivity contribution in [2.24, 2.45) is 5.73 Å². The van der Waals surface area contributed by atoms with Gasteiger partial charge in [-0.05, 0) is 18.2 Å². The van der Waals surface area contributed by atoms with Crippen LogP contribution >= 0.6 is 0 Å². The molecular weight excluding hydrogens is 293 g/mol. The second kappa shape index (κ2) is 6.74. The molecule has 1 aromatic rings. The van der Waals surface area contributed by atoms with Crippen LogP contribution in [-0.2, 0) is 10.0 Å². The molecule has 0 amide bonds. The van der Waals surface area contributed by atoms with E-state index in [0.29, 0.717) is 5.56 Å². The Labute approximate surface area is 115 Å². The van der Waals surface area contributed by atoms with Crippen LogP contribution in [0, 0.1) is 11.8 Å². The van der Waals surface area contributed by atoms with E-state index in [1.54, 1.807) is 6.07 Å². The maximum Gasteiger partial charge on any atom is 0.390 e. The van der Waals surface area contributed by atoms with Crippen LogP contribution in [-0.4, -0.2) is 27.7 Å². The number of benzene rings is 1. The van der Waals surface area contributed by atoms with Gasteiger partial charge in [0.25, 0.3) is 0 Å². The van der Waals surface area contributed by atoms with Crippen molar-refractivity contribution in [3.8, 4) is 11.8 Å². The first-order valence-corrected chi connectivity index (χ1v) is 7.08. The van der Waals surface area contributed by atoms with Crippen LogP contribution in [0.1, 0.15) is 12.0 Å². The van der Waals surface area contributed by atoms with E-state index in [4.69, 9.17) is 5.73 Å². The van der Waals surface area contributed by atoms with E-state index in [9.17, 15) is 21.6 Å². The average Bonchev–Trinajstić information content (AvgIpc) is 2.35. The Balaban J connectivity index is 2.82. The fourth-order valence-corrected chi connectivity index (χ4v) is 2.38. The van der Waals surface area contributed by atoms with Gasteiger partial charge < -0.3 is 5.73 Å². The number of hydrogen-bond acceptors (Lipinski definition) is 3. The number of sulfonamides is 1. The van der Waals surface area contributed by atoms with Crippen molar-refractivity contribution in [1.82, 2.24) is 4.72 Å². The fraction of sp³-hybridized carbons (Fsp3) is 0.333. The van der Waals surface area contributed by atoms with Gasteiger partial charge in [-0.15, -0.1) is 0 Å². The number of nitrogens with two attached hydrogens (primary N) is 1. The normalized spacial score (nSPS) is 11.8. The zero-order chi connectivity index (χ0) is 15.2. The lowest BCUT2D eigenvalue weighted by Crippen LogP contribution is -2.28. The molecule has 0 bridgehead atoms. The van der Waals surface area contributed by atoms with Crippen molar-refractivity contribution in [1.29, 1.82) is 0 Å². The first kappa shape index (κ1) is 16.5. The van der Waals surface area contributed by atoms with Crippen LogP contribution in [0.15, 0.2) is 29.2 Å². The van der Waals surface area contributed by atoms with E-state index in [0.717, 1.165) is 0 Å². The molecule has 4 nitrogen and oxygen atoms in total. The SMILES string of the molecule is NCC#Cc1cccc(S(=O)(=O)NCCC(F)(F)F)c1. The predicted octanol–water partition coefficient (Wildman–Crippen LogP) is 1.23. The molecule has 0 aliphatic carbocycles. The molecule has 0 aliphatic rings. The van der Waals surface area contributed by atoms with Gasteiger partial charge in [0, 0.05) is 12.1 Å². The molecule has 0 radical (unpaired) electrons. The van der Waals surface area contributed by atoms with Crippen molar-refractivity contribution < 1.29 is 21.6 Å². The summed E-state index contributed by atoms with van der Waals surface area (Å²) in [6, 6.07) is 5.60. The Bertz CT molecular complexity index is 616. The van der Waals surface area contributed by atoms with Gasteiger partial charge in [-0.3, -0.25) is 0 Å². The van der Waals surface area contributed by atoms with Gasteiger partial charge in [0.2, 0.25) is 10.0 Å². The third-order valence-electron chi connectivity index (χ3n) is 2.18. The summed E-state index contributed by atoms with van der Waals surface area (Å²) in [6.45, 7) is -0.578. The molecule has 0 spiro atoms. The third-order valence-corrected chi connectivity index (χ3v) is 3.64. The minimum atomic E-state index is -4.41. The smallest absolute Gasteiger partial charge is 0.320 e. The maximum atomic E-state index is 12.0. The third kappa shape index (κ3) is 5.61. The van der Waals surface area contributed by atoms with Gasteiger partial charge in [-0.1, -0.05) is 17.9 Å². The molecule has 0 heterocycles. The van der Waals surface area contributed by atoms with E-state index in [1.165, 1.54) is 18.2 Å². The molecular formula is C12H13F3N2O2S. The Morgan fingerprint density at radius 3 is 2.60 bits per heavy atom. The van der Waals surface area contributed by atoms with Gasteiger partial charge >= 0.3 is 6.18 Å². The maximum absolute atomic E-state index is 12.0. The molecule has 110 valence electrons. The second-order valence-corrected chi connectivity index (χ2v) is 5.56. The van der Waals surface area contributed by atoms with Crippen LogP contribution in [0.5, 0.6) is 0 Å². The quantitative estimate of drug-likeness (QED) is 0.822.